The molecule has 4 aromatic heterocycles. The van der Waals surface area contributed by atoms with E-state index < -0.39 is 0 Å². The maximum Gasteiger partial charge on any atom is 0.0901 e. The van der Waals surface area contributed by atoms with Gasteiger partial charge in [-0.15, -0.1) is 0 Å². The molecule has 4 heterocycles. The van der Waals surface area contributed by atoms with Gasteiger partial charge in [0.25, 0.3) is 0 Å². The minimum atomic E-state index is -0.380. The number of nitrogens with zero attached hydrogens (tertiary/aromatic N) is 4. The molecule has 0 saturated carbocycles. The summed E-state index contributed by atoms with van der Waals surface area (Å²) in [5.74, 6) is 0. The van der Waals surface area contributed by atoms with E-state index in [4.69, 9.17) is 9.97 Å². The van der Waals surface area contributed by atoms with Gasteiger partial charge in [-0.05, 0) is 116 Å². The van der Waals surface area contributed by atoms with Crippen LogP contribution in [0.5, 0.6) is 0 Å². The molecule has 0 saturated heterocycles. The van der Waals surface area contributed by atoms with Crippen LogP contribution in [0.25, 0.3) is 78.7 Å². The van der Waals surface area contributed by atoms with Crippen molar-refractivity contribution in [2.24, 2.45) is 0 Å². The van der Waals surface area contributed by atoms with Gasteiger partial charge in [0.2, 0.25) is 0 Å². The first kappa shape index (κ1) is 31.2. The lowest BCUT2D eigenvalue weighted by Crippen LogP contribution is -2.25. The molecule has 1 spiro atoms. The van der Waals surface area contributed by atoms with E-state index in [-0.39, 0.29) is 5.41 Å². The van der Waals surface area contributed by atoms with Gasteiger partial charge < -0.3 is 0 Å². The Morgan fingerprint density at radius 1 is 0.273 bits per heavy atom. The van der Waals surface area contributed by atoms with Crippen LogP contribution in [0, 0.1) is 0 Å². The average Bonchev–Trinajstić information content (AvgIpc) is 3.74. The fourth-order valence-electron chi connectivity index (χ4n) is 8.86. The second kappa shape index (κ2) is 12.4. The maximum absolute atomic E-state index is 5.24. The minimum Gasteiger partial charge on any atom is -0.255 e. The lowest BCUT2D eigenvalue weighted by Gasteiger charge is -2.30. The predicted molar refractivity (Wildman–Crippen MR) is 221 cm³/mol. The number of benzene rings is 5. The number of aromatic nitrogens is 4. The van der Waals surface area contributed by atoms with Gasteiger partial charge in [-0.1, -0.05) is 121 Å². The summed E-state index contributed by atoms with van der Waals surface area (Å²) < 4.78 is 0. The van der Waals surface area contributed by atoms with Crippen molar-refractivity contribution in [3.05, 3.63) is 217 Å². The number of hydrogen-bond donors (Lipinski definition) is 0. The molecule has 2 aliphatic carbocycles. The Morgan fingerprint density at radius 2 is 0.727 bits per heavy atom. The molecular formula is C51H32N4. The highest BCUT2D eigenvalue weighted by molar-refractivity contribution is 5.96. The molecule has 4 nitrogen and oxygen atoms in total. The van der Waals surface area contributed by atoms with Gasteiger partial charge in [0.15, 0.2) is 0 Å². The topological polar surface area (TPSA) is 51.6 Å². The summed E-state index contributed by atoms with van der Waals surface area (Å²) in [6, 6.07) is 64.8. The van der Waals surface area contributed by atoms with Crippen LogP contribution in [-0.4, -0.2) is 19.9 Å². The zero-order chi connectivity index (χ0) is 36.3. The largest absolute Gasteiger partial charge is 0.255 e. The molecule has 0 aliphatic heterocycles. The standard InChI is InChI=1S/C51H32N4/c1-4-18-41-37(15-1)38-16-2-5-19-42(38)51(41)43-20-6-3-17-39(43)40-26-25-34(30-44(40)51)33-13-11-14-35(29-33)45-23-12-24-46(54-45)36-31-49(47-21-7-9-27-52-47)55-50(32-36)48-22-8-10-28-53-48/h1-32H. The van der Waals surface area contributed by atoms with Crippen LogP contribution < -0.4 is 0 Å². The predicted octanol–water partition coefficient (Wildman–Crippen LogP) is 11.9. The van der Waals surface area contributed by atoms with E-state index in [9.17, 15) is 0 Å². The zero-order valence-corrected chi connectivity index (χ0v) is 29.8. The summed E-state index contributed by atoms with van der Waals surface area (Å²) in [6.45, 7) is 0. The van der Waals surface area contributed by atoms with Crippen molar-refractivity contribution in [3.8, 4) is 78.7 Å². The zero-order valence-electron chi connectivity index (χ0n) is 29.8. The van der Waals surface area contributed by atoms with Crippen molar-refractivity contribution in [2.45, 2.75) is 5.41 Å². The molecule has 2 aliphatic rings. The van der Waals surface area contributed by atoms with Crippen LogP contribution >= 0.6 is 0 Å². The van der Waals surface area contributed by atoms with Crippen LogP contribution in [0.4, 0.5) is 0 Å². The van der Waals surface area contributed by atoms with Crippen molar-refractivity contribution in [3.63, 3.8) is 0 Å². The molecule has 55 heavy (non-hydrogen) atoms. The highest BCUT2D eigenvalue weighted by atomic mass is 14.8. The molecule has 4 heteroatoms. The third-order valence-corrected chi connectivity index (χ3v) is 11.2. The fourth-order valence-corrected chi connectivity index (χ4v) is 8.86. The Bertz CT molecular complexity index is 2810. The van der Waals surface area contributed by atoms with Crippen molar-refractivity contribution in [2.75, 3.05) is 0 Å². The summed E-state index contributed by atoms with van der Waals surface area (Å²) in [5.41, 5.74) is 19.5. The van der Waals surface area contributed by atoms with Crippen LogP contribution in [0.2, 0.25) is 0 Å². The lowest BCUT2D eigenvalue weighted by atomic mass is 9.70. The van der Waals surface area contributed by atoms with Gasteiger partial charge in [0, 0.05) is 23.5 Å². The molecule has 0 bridgehead atoms. The van der Waals surface area contributed by atoms with E-state index in [0.29, 0.717) is 0 Å². The van der Waals surface area contributed by atoms with Gasteiger partial charge in [0.05, 0.1) is 39.6 Å². The third-order valence-electron chi connectivity index (χ3n) is 11.2. The van der Waals surface area contributed by atoms with Crippen molar-refractivity contribution >= 4 is 0 Å². The molecule has 5 aromatic carbocycles. The third kappa shape index (κ3) is 4.85. The van der Waals surface area contributed by atoms with Gasteiger partial charge in [0.1, 0.15) is 0 Å². The highest BCUT2D eigenvalue weighted by Gasteiger charge is 2.51. The van der Waals surface area contributed by atoms with E-state index in [1.165, 1.54) is 50.1 Å². The van der Waals surface area contributed by atoms with E-state index >= 15 is 0 Å². The number of fused-ring (bicyclic) bond motifs is 10. The van der Waals surface area contributed by atoms with Crippen LogP contribution in [-0.2, 0) is 5.41 Å². The Balaban J connectivity index is 1.02. The second-order valence-corrected chi connectivity index (χ2v) is 14.2. The summed E-state index contributed by atoms with van der Waals surface area (Å²) in [6.07, 6.45) is 3.59. The highest BCUT2D eigenvalue weighted by Crippen LogP contribution is 2.63. The van der Waals surface area contributed by atoms with Crippen LogP contribution in [0.3, 0.4) is 0 Å². The quantitative estimate of drug-likeness (QED) is 0.179. The molecule has 0 fully saturated rings. The van der Waals surface area contributed by atoms with Crippen molar-refractivity contribution in [1.82, 2.24) is 19.9 Å². The Labute approximate surface area is 319 Å². The summed E-state index contributed by atoms with van der Waals surface area (Å²) in [5, 5.41) is 0. The van der Waals surface area contributed by atoms with E-state index in [1.54, 1.807) is 12.4 Å². The van der Waals surface area contributed by atoms with Gasteiger partial charge in [-0.25, -0.2) is 9.97 Å². The lowest BCUT2D eigenvalue weighted by molar-refractivity contribution is 0.794. The number of rotatable bonds is 5. The van der Waals surface area contributed by atoms with Gasteiger partial charge in [-0.2, -0.15) is 0 Å². The van der Waals surface area contributed by atoms with Crippen molar-refractivity contribution < 1.29 is 0 Å². The maximum atomic E-state index is 5.24. The molecular weight excluding hydrogens is 669 g/mol. The molecule has 0 N–H and O–H groups in total. The Morgan fingerprint density at radius 3 is 1.31 bits per heavy atom. The smallest absolute Gasteiger partial charge is 0.0901 e. The number of hydrogen-bond acceptors (Lipinski definition) is 4. The van der Waals surface area contributed by atoms with Crippen molar-refractivity contribution in [1.29, 1.82) is 0 Å². The molecule has 0 amide bonds. The summed E-state index contributed by atoms with van der Waals surface area (Å²) in [7, 11) is 0. The monoisotopic (exact) mass is 700 g/mol. The van der Waals surface area contributed by atoms with Gasteiger partial charge >= 0.3 is 0 Å². The first-order valence-electron chi connectivity index (χ1n) is 18.6. The normalized spacial score (nSPS) is 12.9. The number of pyridine rings is 4. The molecule has 0 radical (unpaired) electrons. The molecule has 11 rings (SSSR count). The molecule has 0 unspecified atom stereocenters. The first-order valence-corrected chi connectivity index (χ1v) is 18.6. The first-order chi connectivity index (χ1) is 27.3. The van der Waals surface area contributed by atoms with E-state index in [2.05, 4.69) is 156 Å². The minimum absolute atomic E-state index is 0.380. The summed E-state index contributed by atoms with van der Waals surface area (Å²) in [4.78, 5) is 19.4. The average molecular weight is 701 g/mol. The SMILES string of the molecule is c1ccc(-c2cc(-c3cccc(-c4cccc(-c5ccc6c(c5)C5(c7ccccc7-c7ccccc75)c5ccccc5-6)c4)n3)cc(-c3ccccn3)n2)nc1. The Hall–Kier alpha value is -7.30. The summed E-state index contributed by atoms with van der Waals surface area (Å²) >= 11 is 0. The van der Waals surface area contributed by atoms with Gasteiger partial charge in [-0.3, -0.25) is 9.97 Å². The molecule has 256 valence electrons. The molecule has 9 aromatic rings. The second-order valence-electron chi connectivity index (χ2n) is 14.2. The van der Waals surface area contributed by atoms with E-state index in [0.717, 1.165) is 50.9 Å². The molecule has 0 atom stereocenters. The van der Waals surface area contributed by atoms with E-state index in [1.807, 2.05) is 36.4 Å². The Kier molecular flexibility index (Phi) is 7.04. The van der Waals surface area contributed by atoms with Crippen LogP contribution in [0.1, 0.15) is 22.3 Å². The fraction of sp³-hybridized carbons (Fsp3) is 0.0196. The van der Waals surface area contributed by atoms with Crippen LogP contribution in [0.15, 0.2) is 194 Å².